The monoisotopic (exact) mass is 424 g/mol. The van der Waals surface area contributed by atoms with Crippen molar-refractivity contribution in [2.75, 3.05) is 37.6 Å². The molecule has 160 valence electrons. The number of fused-ring (bicyclic) bond motifs is 1. The zero-order valence-electron chi connectivity index (χ0n) is 17.7. The number of amides is 1. The molecule has 3 aliphatic rings. The number of anilines is 1. The van der Waals surface area contributed by atoms with Gasteiger partial charge in [0, 0.05) is 36.6 Å². The second-order valence-corrected chi connectivity index (χ2v) is 9.77. The lowest BCUT2D eigenvalue weighted by Crippen LogP contribution is -2.51. The molecular formula is C24H32N4OS. The van der Waals surface area contributed by atoms with Crippen molar-refractivity contribution >= 4 is 23.1 Å². The summed E-state index contributed by atoms with van der Waals surface area (Å²) in [6, 6.07) is 6.74. The zero-order chi connectivity index (χ0) is 20.3. The molecule has 1 amide bonds. The average molecular weight is 425 g/mol. The first-order valence-electron chi connectivity index (χ1n) is 11.6. The Kier molecular flexibility index (Phi) is 6.05. The molecular weight excluding hydrogens is 392 g/mol. The summed E-state index contributed by atoms with van der Waals surface area (Å²) in [7, 11) is 0. The molecule has 3 saturated heterocycles. The minimum Gasteiger partial charge on any atom is -0.356 e. The van der Waals surface area contributed by atoms with Gasteiger partial charge < -0.3 is 15.1 Å². The van der Waals surface area contributed by atoms with Gasteiger partial charge >= 0.3 is 0 Å². The number of aromatic nitrogens is 1. The maximum Gasteiger partial charge on any atom is 0.255 e. The number of nitrogens with one attached hydrogen (secondary N) is 1. The minimum atomic E-state index is 0.0363. The Hall–Kier alpha value is -1.92. The number of hydrogen-bond acceptors (Lipinski definition) is 5. The number of pyridine rings is 1. The van der Waals surface area contributed by atoms with Gasteiger partial charge in [-0.2, -0.15) is 11.3 Å². The van der Waals surface area contributed by atoms with Crippen molar-refractivity contribution in [3.05, 3.63) is 34.5 Å². The van der Waals surface area contributed by atoms with Gasteiger partial charge in [-0.25, -0.2) is 4.98 Å². The van der Waals surface area contributed by atoms with Crippen molar-refractivity contribution in [3.63, 3.8) is 0 Å². The number of carbonyl (C=O) groups is 1. The van der Waals surface area contributed by atoms with Crippen LogP contribution in [0.1, 0.15) is 55.3 Å². The predicted molar refractivity (Wildman–Crippen MR) is 123 cm³/mol. The largest absolute Gasteiger partial charge is 0.356 e. The molecule has 3 fully saturated rings. The van der Waals surface area contributed by atoms with E-state index in [1.54, 1.807) is 11.3 Å². The number of hydrogen-bond donors (Lipinski definition) is 1. The summed E-state index contributed by atoms with van der Waals surface area (Å²) in [5.74, 6) is 1.47. The molecule has 5 nitrogen and oxygen atoms in total. The van der Waals surface area contributed by atoms with Gasteiger partial charge in [0.1, 0.15) is 5.82 Å². The van der Waals surface area contributed by atoms with Gasteiger partial charge in [0.2, 0.25) is 0 Å². The quantitative estimate of drug-likeness (QED) is 0.773. The van der Waals surface area contributed by atoms with Crippen molar-refractivity contribution in [3.8, 4) is 11.3 Å². The van der Waals surface area contributed by atoms with Crippen molar-refractivity contribution in [1.29, 1.82) is 0 Å². The van der Waals surface area contributed by atoms with E-state index in [4.69, 9.17) is 4.98 Å². The Labute approximate surface area is 183 Å². The van der Waals surface area contributed by atoms with Crippen LogP contribution in [0, 0.1) is 5.92 Å². The highest BCUT2D eigenvalue weighted by molar-refractivity contribution is 7.08. The molecule has 2 aromatic rings. The summed E-state index contributed by atoms with van der Waals surface area (Å²) < 4.78 is 0. The Morgan fingerprint density at radius 1 is 1.03 bits per heavy atom. The van der Waals surface area contributed by atoms with Crippen LogP contribution in [0.15, 0.2) is 29.0 Å². The maximum absolute atomic E-state index is 13.2. The highest BCUT2D eigenvalue weighted by atomic mass is 32.1. The molecule has 5 rings (SSSR count). The van der Waals surface area contributed by atoms with E-state index in [1.165, 1.54) is 58.0 Å². The van der Waals surface area contributed by atoms with Crippen LogP contribution in [0.25, 0.3) is 11.3 Å². The Morgan fingerprint density at radius 3 is 2.70 bits per heavy atom. The topological polar surface area (TPSA) is 48.5 Å². The van der Waals surface area contributed by atoms with E-state index in [0.29, 0.717) is 12.0 Å². The summed E-state index contributed by atoms with van der Waals surface area (Å²) in [4.78, 5) is 23.1. The first kappa shape index (κ1) is 20.0. The van der Waals surface area contributed by atoms with Crippen molar-refractivity contribution in [2.24, 2.45) is 5.92 Å². The highest BCUT2D eigenvalue weighted by Gasteiger charge is 2.33. The van der Waals surface area contributed by atoms with Crippen molar-refractivity contribution in [2.45, 2.75) is 51.0 Å². The fraction of sp³-hybridized carbons (Fsp3) is 0.583. The van der Waals surface area contributed by atoms with Crippen LogP contribution in [0.4, 0.5) is 5.82 Å². The van der Waals surface area contributed by atoms with Crippen LogP contribution in [0.5, 0.6) is 0 Å². The predicted octanol–water partition coefficient (Wildman–Crippen LogP) is 4.40. The van der Waals surface area contributed by atoms with Crippen LogP contribution < -0.4 is 10.2 Å². The van der Waals surface area contributed by atoms with E-state index in [2.05, 4.69) is 31.9 Å². The number of thiophene rings is 1. The maximum atomic E-state index is 13.2. The fourth-order valence-corrected chi connectivity index (χ4v) is 6.15. The molecule has 2 aromatic heterocycles. The molecule has 3 aliphatic heterocycles. The Balaban J connectivity index is 1.33. The molecule has 0 saturated carbocycles. The fourth-order valence-electron chi connectivity index (χ4n) is 5.50. The van der Waals surface area contributed by atoms with Crippen molar-refractivity contribution in [1.82, 2.24) is 15.2 Å². The summed E-state index contributed by atoms with van der Waals surface area (Å²) in [5.41, 5.74) is 2.82. The number of carbonyl (C=O) groups excluding carboxylic acids is 1. The van der Waals surface area contributed by atoms with Crippen LogP contribution in [0.3, 0.4) is 0 Å². The molecule has 0 aromatic carbocycles. The van der Waals surface area contributed by atoms with E-state index in [9.17, 15) is 4.79 Å². The lowest BCUT2D eigenvalue weighted by molar-refractivity contribution is 0.0575. The number of rotatable bonds is 5. The molecule has 30 heavy (non-hydrogen) atoms. The molecule has 0 radical (unpaired) electrons. The third-order valence-corrected chi connectivity index (χ3v) is 7.78. The minimum absolute atomic E-state index is 0.0363. The van der Waals surface area contributed by atoms with Crippen LogP contribution in [-0.2, 0) is 0 Å². The molecule has 1 N–H and O–H groups in total. The van der Waals surface area contributed by atoms with E-state index in [-0.39, 0.29) is 5.91 Å². The number of piperidine rings is 2. The summed E-state index contributed by atoms with van der Waals surface area (Å²) >= 11 is 1.68. The molecule has 0 bridgehead atoms. The van der Waals surface area contributed by atoms with Gasteiger partial charge in [-0.3, -0.25) is 4.79 Å². The van der Waals surface area contributed by atoms with Crippen LogP contribution in [0.2, 0.25) is 0 Å². The first-order chi connectivity index (χ1) is 14.8. The van der Waals surface area contributed by atoms with Gasteiger partial charge in [0.15, 0.2) is 0 Å². The summed E-state index contributed by atoms with van der Waals surface area (Å²) in [6.07, 6.45) is 8.78. The lowest BCUT2D eigenvalue weighted by atomic mass is 9.83. The van der Waals surface area contributed by atoms with E-state index < -0.39 is 0 Å². The summed E-state index contributed by atoms with van der Waals surface area (Å²) in [6.45, 7) is 5.23. The third kappa shape index (κ3) is 4.12. The van der Waals surface area contributed by atoms with Gasteiger partial charge in [-0.05, 0) is 81.1 Å². The molecule has 0 unspecified atom stereocenters. The van der Waals surface area contributed by atoms with E-state index in [0.717, 1.165) is 42.3 Å². The van der Waals surface area contributed by atoms with E-state index >= 15 is 0 Å². The van der Waals surface area contributed by atoms with Gasteiger partial charge in [-0.1, -0.05) is 6.42 Å². The number of nitrogens with zero attached hydrogens (tertiary/aromatic N) is 3. The molecule has 2 atom stereocenters. The Morgan fingerprint density at radius 2 is 1.87 bits per heavy atom. The first-order valence-corrected chi connectivity index (χ1v) is 12.5. The zero-order valence-corrected chi connectivity index (χ0v) is 18.5. The van der Waals surface area contributed by atoms with E-state index in [1.807, 2.05) is 12.1 Å². The van der Waals surface area contributed by atoms with Gasteiger partial charge in [-0.15, -0.1) is 0 Å². The van der Waals surface area contributed by atoms with Gasteiger partial charge in [0.05, 0.1) is 11.3 Å². The standard InChI is InChI=1S/C24H32N4OS/c29-24(25-16-18-6-5-14-27-11-2-1-7-22(18)27)20-8-9-21(19-10-15-30-17-19)26-23(20)28-12-3-4-13-28/h8-10,15,17-18,22H,1-7,11-14,16H2,(H,25,29)/t18-,22+/m0/s1. The molecule has 6 heteroatoms. The third-order valence-electron chi connectivity index (χ3n) is 7.10. The van der Waals surface area contributed by atoms with Crippen LogP contribution in [-0.4, -0.2) is 54.6 Å². The summed E-state index contributed by atoms with van der Waals surface area (Å²) in [5, 5.41) is 7.48. The smallest absolute Gasteiger partial charge is 0.255 e. The molecule has 0 aliphatic carbocycles. The lowest BCUT2D eigenvalue weighted by Gasteiger charge is -2.44. The van der Waals surface area contributed by atoms with Crippen molar-refractivity contribution < 1.29 is 4.79 Å². The molecule has 5 heterocycles. The van der Waals surface area contributed by atoms with Crippen LogP contribution >= 0.6 is 11.3 Å². The average Bonchev–Trinajstić information content (AvgIpc) is 3.51. The SMILES string of the molecule is O=C(NC[C@@H]1CCCN2CCCC[C@H]12)c1ccc(-c2ccsc2)nc1N1CCCC1. The Bertz CT molecular complexity index is 860. The molecule has 0 spiro atoms. The second kappa shape index (κ2) is 9.06. The highest BCUT2D eigenvalue weighted by Crippen LogP contribution is 2.31. The van der Waals surface area contributed by atoms with Gasteiger partial charge in [0.25, 0.3) is 5.91 Å². The normalized spacial score (nSPS) is 24.6. The second-order valence-electron chi connectivity index (χ2n) is 8.99.